The third-order valence-corrected chi connectivity index (χ3v) is 2.23. The molecule has 0 amide bonds. The van der Waals surface area contributed by atoms with Crippen LogP contribution in [0.3, 0.4) is 0 Å². The van der Waals surface area contributed by atoms with Crippen LogP contribution in [-0.4, -0.2) is 14.5 Å². The van der Waals surface area contributed by atoms with Gasteiger partial charge in [0.1, 0.15) is 11.2 Å². The van der Waals surface area contributed by atoms with E-state index in [2.05, 4.69) is 9.97 Å². The largest absolute Gasteiger partial charge is 0.327 e. The zero-order valence-electron chi connectivity index (χ0n) is 7.21. The van der Waals surface area contributed by atoms with Crippen LogP contribution in [0.4, 0.5) is 0 Å². The molecule has 0 atom stereocenters. The number of nitriles is 1. The first-order valence-corrected chi connectivity index (χ1v) is 4.16. The summed E-state index contributed by atoms with van der Waals surface area (Å²) in [5.41, 5.74) is 0.928. The third-order valence-electron chi connectivity index (χ3n) is 1.94. The van der Waals surface area contributed by atoms with Crippen LogP contribution in [0, 0.1) is 11.3 Å². The average molecular weight is 209 g/mol. The van der Waals surface area contributed by atoms with Crippen LogP contribution in [-0.2, 0) is 7.05 Å². The lowest BCUT2D eigenvalue weighted by Gasteiger charge is -1.95. The van der Waals surface area contributed by atoms with Crippen LogP contribution in [0.15, 0.2) is 10.9 Å². The molecule has 14 heavy (non-hydrogen) atoms. The molecule has 2 aromatic heterocycles. The van der Waals surface area contributed by atoms with Crippen LogP contribution in [0.2, 0.25) is 5.15 Å². The summed E-state index contributed by atoms with van der Waals surface area (Å²) in [7, 11) is 1.58. The van der Waals surface area contributed by atoms with Crippen molar-refractivity contribution in [3.63, 3.8) is 0 Å². The van der Waals surface area contributed by atoms with Crippen molar-refractivity contribution in [3.8, 4) is 6.07 Å². The third kappa shape index (κ3) is 1.09. The number of imidazole rings is 1. The maximum Gasteiger partial charge on any atom is 0.327 e. The zero-order chi connectivity index (χ0) is 10.3. The van der Waals surface area contributed by atoms with E-state index in [1.807, 2.05) is 6.07 Å². The molecule has 0 bridgehead atoms. The highest BCUT2D eigenvalue weighted by atomic mass is 35.5. The molecule has 1 N–H and O–H groups in total. The lowest BCUT2D eigenvalue weighted by Crippen LogP contribution is -2.12. The molecule has 0 aliphatic heterocycles. The lowest BCUT2D eigenvalue weighted by molar-refractivity contribution is 0.879. The van der Waals surface area contributed by atoms with Gasteiger partial charge >= 0.3 is 5.69 Å². The number of nitrogens with one attached hydrogen (secondary N) is 1. The normalized spacial score (nSPS) is 10.4. The van der Waals surface area contributed by atoms with Gasteiger partial charge < -0.3 is 4.98 Å². The monoisotopic (exact) mass is 208 g/mol. The van der Waals surface area contributed by atoms with Crippen molar-refractivity contribution >= 4 is 22.8 Å². The van der Waals surface area contributed by atoms with Crippen LogP contribution in [0.5, 0.6) is 0 Å². The molecule has 0 aliphatic carbocycles. The van der Waals surface area contributed by atoms with Crippen molar-refractivity contribution in [2.24, 2.45) is 7.05 Å². The molecular weight excluding hydrogens is 204 g/mol. The zero-order valence-corrected chi connectivity index (χ0v) is 7.96. The molecule has 0 saturated carbocycles. The number of pyridine rings is 1. The number of rotatable bonds is 0. The van der Waals surface area contributed by atoms with Gasteiger partial charge in [-0.2, -0.15) is 5.26 Å². The highest BCUT2D eigenvalue weighted by Crippen LogP contribution is 2.16. The van der Waals surface area contributed by atoms with Crippen molar-refractivity contribution in [1.29, 1.82) is 5.26 Å². The first-order chi connectivity index (χ1) is 6.63. The second kappa shape index (κ2) is 2.86. The lowest BCUT2D eigenvalue weighted by atomic mass is 10.3. The fourth-order valence-electron chi connectivity index (χ4n) is 1.20. The Morgan fingerprint density at radius 3 is 3.07 bits per heavy atom. The van der Waals surface area contributed by atoms with Crippen molar-refractivity contribution in [3.05, 3.63) is 27.3 Å². The minimum Gasteiger partial charge on any atom is -0.304 e. The highest BCUT2D eigenvalue weighted by molar-refractivity contribution is 6.30. The van der Waals surface area contributed by atoms with Crippen LogP contribution >= 0.6 is 11.6 Å². The Bertz CT molecular complexity index is 604. The fourth-order valence-corrected chi connectivity index (χ4v) is 1.38. The molecule has 0 spiro atoms. The summed E-state index contributed by atoms with van der Waals surface area (Å²) >= 11 is 5.72. The molecule has 0 aromatic carbocycles. The first-order valence-electron chi connectivity index (χ1n) is 3.79. The number of halogens is 1. The summed E-state index contributed by atoms with van der Waals surface area (Å²) < 4.78 is 1.34. The van der Waals surface area contributed by atoms with Gasteiger partial charge in [0.25, 0.3) is 0 Å². The van der Waals surface area contributed by atoms with Gasteiger partial charge in [-0.15, -0.1) is 0 Å². The molecule has 6 heteroatoms. The number of fused-ring (bicyclic) bond motifs is 1. The van der Waals surface area contributed by atoms with Gasteiger partial charge in [-0.05, 0) is 6.07 Å². The Labute approximate surface area is 83.6 Å². The summed E-state index contributed by atoms with van der Waals surface area (Å²) in [5.74, 6) is 0. The molecule has 5 nitrogen and oxygen atoms in total. The Morgan fingerprint density at radius 1 is 1.71 bits per heavy atom. The first kappa shape index (κ1) is 8.78. The minimum atomic E-state index is -0.279. The smallest absolute Gasteiger partial charge is 0.304 e. The molecule has 2 heterocycles. The van der Waals surface area contributed by atoms with Gasteiger partial charge in [0.05, 0.1) is 11.1 Å². The standard InChI is InChI=1S/C8H5ClN4O/c1-13-7-5(11-8(13)14)2-4(3-10)6(9)12-7/h2H,1H3,(H,11,14). The van der Waals surface area contributed by atoms with Crippen LogP contribution in [0.1, 0.15) is 5.56 Å². The van der Waals surface area contributed by atoms with Crippen LogP contribution in [0.25, 0.3) is 11.2 Å². The number of aryl methyl sites for hydroxylation is 1. The van der Waals surface area contributed by atoms with Crippen molar-refractivity contribution in [1.82, 2.24) is 14.5 Å². The topological polar surface area (TPSA) is 74.5 Å². The summed E-state index contributed by atoms with van der Waals surface area (Å²) in [4.78, 5) is 17.7. The van der Waals surface area contributed by atoms with E-state index in [9.17, 15) is 4.79 Å². The second-order valence-corrected chi connectivity index (χ2v) is 3.16. The van der Waals surface area contributed by atoms with Crippen LogP contribution < -0.4 is 5.69 Å². The fraction of sp³-hybridized carbons (Fsp3) is 0.125. The molecule has 2 rings (SSSR count). The summed E-state index contributed by atoms with van der Waals surface area (Å²) in [6.07, 6.45) is 0. The Hall–Kier alpha value is -1.80. The van der Waals surface area contributed by atoms with Gasteiger partial charge in [0.15, 0.2) is 5.65 Å². The molecule has 0 fully saturated rings. The molecular formula is C8H5ClN4O. The number of aromatic amines is 1. The van der Waals surface area contributed by atoms with Gasteiger partial charge in [-0.1, -0.05) is 11.6 Å². The van der Waals surface area contributed by atoms with Gasteiger partial charge in [0.2, 0.25) is 0 Å². The van der Waals surface area contributed by atoms with Crippen molar-refractivity contribution < 1.29 is 0 Å². The predicted molar refractivity (Wildman–Crippen MR) is 51.1 cm³/mol. The van der Waals surface area contributed by atoms with E-state index in [1.54, 1.807) is 7.05 Å². The number of nitrogens with zero attached hydrogens (tertiary/aromatic N) is 3. The number of H-pyrrole nitrogens is 1. The maximum absolute atomic E-state index is 11.2. The SMILES string of the molecule is Cn1c(=O)[nH]c2cc(C#N)c(Cl)nc21. The quantitative estimate of drug-likeness (QED) is 0.651. The number of aromatic nitrogens is 3. The van der Waals surface area contributed by atoms with Crippen molar-refractivity contribution in [2.75, 3.05) is 0 Å². The summed E-state index contributed by atoms with van der Waals surface area (Å²) in [6.45, 7) is 0. The molecule has 70 valence electrons. The molecule has 0 saturated heterocycles. The maximum atomic E-state index is 11.2. The van der Waals surface area contributed by atoms with E-state index in [-0.39, 0.29) is 16.4 Å². The summed E-state index contributed by atoms with van der Waals surface area (Å²) in [5, 5.41) is 8.79. The van der Waals surface area contributed by atoms with Crippen molar-refractivity contribution in [2.45, 2.75) is 0 Å². The Morgan fingerprint density at radius 2 is 2.43 bits per heavy atom. The van der Waals surface area contributed by atoms with E-state index in [1.165, 1.54) is 10.6 Å². The van der Waals surface area contributed by atoms with E-state index in [4.69, 9.17) is 16.9 Å². The molecule has 0 aliphatic rings. The minimum absolute atomic E-state index is 0.106. The summed E-state index contributed by atoms with van der Waals surface area (Å²) in [6, 6.07) is 3.40. The van der Waals surface area contributed by atoms with Gasteiger partial charge in [0, 0.05) is 7.05 Å². The average Bonchev–Trinajstić information content (AvgIpc) is 2.43. The van der Waals surface area contributed by atoms with E-state index in [0.717, 1.165) is 0 Å². The second-order valence-electron chi connectivity index (χ2n) is 2.80. The Balaban J connectivity index is 2.95. The van der Waals surface area contributed by atoms with Gasteiger partial charge in [-0.25, -0.2) is 9.78 Å². The highest BCUT2D eigenvalue weighted by Gasteiger charge is 2.09. The van der Waals surface area contributed by atoms with E-state index in [0.29, 0.717) is 11.2 Å². The Kier molecular flexibility index (Phi) is 1.79. The van der Waals surface area contributed by atoms with Gasteiger partial charge in [-0.3, -0.25) is 4.57 Å². The molecule has 0 unspecified atom stereocenters. The van der Waals surface area contributed by atoms with E-state index < -0.39 is 0 Å². The number of hydrogen-bond donors (Lipinski definition) is 1. The number of hydrogen-bond acceptors (Lipinski definition) is 3. The predicted octanol–water partition coefficient (Wildman–Crippen LogP) is 0.787. The van der Waals surface area contributed by atoms with E-state index >= 15 is 0 Å². The molecule has 0 radical (unpaired) electrons. The molecule has 2 aromatic rings.